The predicted octanol–water partition coefficient (Wildman–Crippen LogP) is 1.73. The van der Waals surface area contributed by atoms with Crippen LogP contribution in [0.1, 0.15) is 22.1 Å². The smallest absolute Gasteiger partial charge is 0.270 e. The van der Waals surface area contributed by atoms with Crippen LogP contribution >= 0.6 is 0 Å². The zero-order valence-corrected chi connectivity index (χ0v) is 12.7. The SMILES string of the molecule is Cc1nnc2n1CCN(C(=O)c1cc3ccccc3n1C)C2. The average Bonchev–Trinajstić information content (AvgIpc) is 3.08. The van der Waals surface area contributed by atoms with Crippen LogP contribution in [0, 0.1) is 6.92 Å². The third kappa shape index (κ3) is 1.83. The molecule has 4 rings (SSSR count). The molecular weight excluding hydrogens is 278 g/mol. The number of amides is 1. The van der Waals surface area contributed by atoms with Crippen molar-refractivity contribution in [1.82, 2.24) is 24.2 Å². The van der Waals surface area contributed by atoms with Crippen LogP contribution in [0.2, 0.25) is 0 Å². The molecule has 1 amide bonds. The topological polar surface area (TPSA) is 56.0 Å². The third-order valence-electron chi connectivity index (χ3n) is 4.40. The van der Waals surface area contributed by atoms with E-state index in [1.165, 1.54) is 0 Å². The van der Waals surface area contributed by atoms with Crippen molar-refractivity contribution < 1.29 is 4.79 Å². The standard InChI is InChI=1S/C16H17N5O/c1-11-17-18-15-10-20(7-8-21(11)15)16(22)14-9-12-5-3-4-6-13(12)19(14)2/h3-6,9H,7-8,10H2,1-2H3. The number of benzene rings is 1. The first kappa shape index (κ1) is 13.1. The van der Waals surface area contributed by atoms with Gasteiger partial charge in [0.1, 0.15) is 11.5 Å². The van der Waals surface area contributed by atoms with Crippen LogP contribution in [-0.4, -0.2) is 36.7 Å². The Bertz CT molecular complexity index is 876. The number of nitrogens with zero attached hydrogens (tertiary/aromatic N) is 5. The number of hydrogen-bond donors (Lipinski definition) is 0. The molecule has 112 valence electrons. The zero-order chi connectivity index (χ0) is 15.3. The summed E-state index contributed by atoms with van der Waals surface area (Å²) in [5, 5.41) is 9.33. The van der Waals surface area contributed by atoms with Crippen LogP contribution in [0.3, 0.4) is 0 Å². The lowest BCUT2D eigenvalue weighted by Gasteiger charge is -2.27. The maximum Gasteiger partial charge on any atom is 0.270 e. The number of para-hydroxylation sites is 1. The molecule has 0 saturated carbocycles. The fourth-order valence-corrected chi connectivity index (χ4v) is 3.13. The normalized spacial score (nSPS) is 14.4. The second-order valence-corrected chi connectivity index (χ2v) is 5.69. The Hall–Kier alpha value is -2.63. The summed E-state index contributed by atoms with van der Waals surface area (Å²) in [5.74, 6) is 1.81. The van der Waals surface area contributed by atoms with Crippen molar-refractivity contribution in [2.24, 2.45) is 7.05 Å². The number of aryl methyl sites for hydroxylation is 2. The Balaban J connectivity index is 1.68. The highest BCUT2D eigenvalue weighted by molar-refractivity contribution is 5.98. The van der Waals surface area contributed by atoms with Gasteiger partial charge < -0.3 is 14.0 Å². The molecule has 6 heteroatoms. The molecule has 0 saturated heterocycles. The first-order chi connectivity index (χ1) is 10.6. The number of aromatic nitrogens is 4. The van der Waals surface area contributed by atoms with E-state index in [-0.39, 0.29) is 5.91 Å². The van der Waals surface area contributed by atoms with Crippen LogP contribution in [0.5, 0.6) is 0 Å². The highest BCUT2D eigenvalue weighted by atomic mass is 16.2. The first-order valence-electron chi connectivity index (χ1n) is 7.37. The van der Waals surface area contributed by atoms with Crippen molar-refractivity contribution in [3.8, 4) is 0 Å². The van der Waals surface area contributed by atoms with Crippen molar-refractivity contribution >= 4 is 16.8 Å². The van der Waals surface area contributed by atoms with Gasteiger partial charge in [-0.1, -0.05) is 18.2 Å². The van der Waals surface area contributed by atoms with Crippen LogP contribution < -0.4 is 0 Å². The monoisotopic (exact) mass is 295 g/mol. The summed E-state index contributed by atoms with van der Waals surface area (Å²) in [6.07, 6.45) is 0. The molecule has 0 fully saturated rings. The number of carbonyl (C=O) groups is 1. The maximum atomic E-state index is 12.9. The molecule has 0 N–H and O–H groups in total. The van der Waals surface area contributed by atoms with Gasteiger partial charge in [0.05, 0.1) is 6.54 Å². The lowest BCUT2D eigenvalue weighted by Crippen LogP contribution is -2.39. The highest BCUT2D eigenvalue weighted by Crippen LogP contribution is 2.21. The summed E-state index contributed by atoms with van der Waals surface area (Å²) in [6.45, 7) is 3.90. The van der Waals surface area contributed by atoms with Crippen molar-refractivity contribution in [1.29, 1.82) is 0 Å². The van der Waals surface area contributed by atoms with Crippen LogP contribution in [-0.2, 0) is 20.1 Å². The number of rotatable bonds is 1. The molecular formula is C16H17N5O. The molecule has 0 radical (unpaired) electrons. The van der Waals surface area contributed by atoms with Gasteiger partial charge in [-0.15, -0.1) is 10.2 Å². The molecule has 3 aromatic rings. The quantitative estimate of drug-likeness (QED) is 0.687. The largest absolute Gasteiger partial charge is 0.340 e. The molecule has 1 aliphatic heterocycles. The van der Waals surface area contributed by atoms with Gasteiger partial charge >= 0.3 is 0 Å². The third-order valence-corrected chi connectivity index (χ3v) is 4.40. The fourth-order valence-electron chi connectivity index (χ4n) is 3.13. The molecule has 0 bridgehead atoms. The maximum absolute atomic E-state index is 12.9. The van der Waals surface area contributed by atoms with E-state index in [1.807, 2.05) is 53.8 Å². The van der Waals surface area contributed by atoms with E-state index in [1.54, 1.807) is 0 Å². The van der Waals surface area contributed by atoms with E-state index in [0.29, 0.717) is 18.8 Å². The summed E-state index contributed by atoms with van der Waals surface area (Å²) >= 11 is 0. The minimum atomic E-state index is 0.0469. The van der Waals surface area contributed by atoms with E-state index >= 15 is 0 Å². The van der Waals surface area contributed by atoms with Crippen LogP contribution in [0.25, 0.3) is 10.9 Å². The van der Waals surface area contributed by atoms with Crippen LogP contribution in [0.4, 0.5) is 0 Å². The summed E-state index contributed by atoms with van der Waals surface area (Å²) in [6, 6.07) is 10.00. The minimum absolute atomic E-state index is 0.0469. The van der Waals surface area contributed by atoms with Gasteiger partial charge in [0.2, 0.25) is 0 Å². The first-order valence-corrected chi connectivity index (χ1v) is 7.37. The molecule has 0 aliphatic carbocycles. The Morgan fingerprint density at radius 3 is 2.82 bits per heavy atom. The molecule has 1 aliphatic rings. The highest BCUT2D eigenvalue weighted by Gasteiger charge is 2.26. The lowest BCUT2D eigenvalue weighted by molar-refractivity contribution is 0.0697. The molecule has 2 aromatic heterocycles. The lowest BCUT2D eigenvalue weighted by atomic mass is 10.2. The van der Waals surface area contributed by atoms with Crippen molar-refractivity contribution in [2.45, 2.75) is 20.0 Å². The molecule has 0 atom stereocenters. The van der Waals surface area contributed by atoms with Crippen molar-refractivity contribution in [3.63, 3.8) is 0 Å². The minimum Gasteiger partial charge on any atom is -0.340 e. The molecule has 22 heavy (non-hydrogen) atoms. The van der Waals surface area contributed by atoms with Gasteiger partial charge in [0, 0.05) is 31.0 Å². The number of carbonyl (C=O) groups excluding carboxylic acids is 1. The fraction of sp³-hybridized carbons (Fsp3) is 0.312. The second-order valence-electron chi connectivity index (χ2n) is 5.69. The molecule has 3 heterocycles. The molecule has 6 nitrogen and oxygen atoms in total. The van der Waals surface area contributed by atoms with E-state index < -0.39 is 0 Å². The number of fused-ring (bicyclic) bond motifs is 2. The second kappa shape index (κ2) is 4.69. The van der Waals surface area contributed by atoms with Gasteiger partial charge in [-0.05, 0) is 19.1 Å². The zero-order valence-electron chi connectivity index (χ0n) is 12.7. The van der Waals surface area contributed by atoms with E-state index in [2.05, 4.69) is 14.8 Å². The van der Waals surface area contributed by atoms with E-state index in [9.17, 15) is 4.79 Å². The Labute approximate surface area is 128 Å². The van der Waals surface area contributed by atoms with Gasteiger partial charge in [-0.2, -0.15) is 0 Å². The van der Waals surface area contributed by atoms with Gasteiger partial charge in [-0.25, -0.2) is 0 Å². The van der Waals surface area contributed by atoms with E-state index in [4.69, 9.17) is 0 Å². The van der Waals surface area contributed by atoms with Crippen molar-refractivity contribution in [3.05, 3.63) is 47.7 Å². The molecule has 0 unspecified atom stereocenters. The Morgan fingerprint density at radius 2 is 2.00 bits per heavy atom. The Kier molecular flexibility index (Phi) is 2.79. The molecule has 0 spiro atoms. The van der Waals surface area contributed by atoms with Gasteiger partial charge in [0.15, 0.2) is 5.82 Å². The predicted molar refractivity (Wildman–Crippen MR) is 82.4 cm³/mol. The van der Waals surface area contributed by atoms with Gasteiger partial charge in [0.25, 0.3) is 5.91 Å². The summed E-state index contributed by atoms with van der Waals surface area (Å²) in [4.78, 5) is 14.7. The summed E-state index contributed by atoms with van der Waals surface area (Å²) in [7, 11) is 1.94. The van der Waals surface area contributed by atoms with Crippen molar-refractivity contribution in [2.75, 3.05) is 6.54 Å². The average molecular weight is 295 g/mol. The number of hydrogen-bond acceptors (Lipinski definition) is 3. The van der Waals surface area contributed by atoms with E-state index in [0.717, 1.165) is 29.1 Å². The summed E-state index contributed by atoms with van der Waals surface area (Å²) < 4.78 is 4.04. The van der Waals surface area contributed by atoms with Crippen LogP contribution in [0.15, 0.2) is 30.3 Å². The van der Waals surface area contributed by atoms with Gasteiger partial charge in [-0.3, -0.25) is 4.79 Å². The summed E-state index contributed by atoms with van der Waals surface area (Å²) in [5.41, 5.74) is 1.78. The molecule has 1 aromatic carbocycles. The Morgan fingerprint density at radius 1 is 1.18 bits per heavy atom.